The molecule has 4 heteroatoms. The van der Waals surface area contributed by atoms with Gasteiger partial charge in [0.05, 0.1) is 12.6 Å². The Morgan fingerprint density at radius 3 is 2.42 bits per heavy atom. The second-order valence-electron chi connectivity index (χ2n) is 7.93. The third-order valence-electron chi connectivity index (χ3n) is 5.77. The maximum Gasteiger partial charge on any atom is 0.0678 e. The highest BCUT2D eigenvalue weighted by atomic mass is 16.5. The smallest absolute Gasteiger partial charge is 0.0678 e. The zero-order valence-corrected chi connectivity index (χ0v) is 16.4. The first-order chi connectivity index (χ1) is 11.6. The number of piperidine rings is 2. The van der Waals surface area contributed by atoms with Crippen LogP contribution in [-0.4, -0.2) is 69.3 Å². The van der Waals surface area contributed by atoms with E-state index in [4.69, 9.17) is 4.74 Å². The molecule has 0 aromatic carbocycles. The van der Waals surface area contributed by atoms with Crippen molar-refractivity contribution >= 4 is 0 Å². The van der Waals surface area contributed by atoms with Crippen LogP contribution in [0.5, 0.6) is 0 Å². The van der Waals surface area contributed by atoms with Crippen molar-refractivity contribution in [3.8, 4) is 0 Å². The number of hydrogen-bond acceptors (Lipinski definition) is 4. The summed E-state index contributed by atoms with van der Waals surface area (Å²) in [5, 5.41) is 3.49. The lowest BCUT2D eigenvalue weighted by atomic mass is 9.91. The van der Waals surface area contributed by atoms with Gasteiger partial charge in [-0.1, -0.05) is 12.0 Å². The maximum absolute atomic E-state index is 5.59. The number of ether oxygens (including phenoxy) is 1. The minimum Gasteiger partial charge on any atom is -0.383 e. The third-order valence-corrected chi connectivity index (χ3v) is 5.77. The number of allylic oxidation sites excluding steroid dienone is 2. The maximum atomic E-state index is 5.59. The van der Waals surface area contributed by atoms with Crippen LogP contribution >= 0.6 is 0 Å². The summed E-state index contributed by atoms with van der Waals surface area (Å²) in [7, 11) is 4.13. The lowest BCUT2D eigenvalue weighted by molar-refractivity contribution is 0.0835. The summed E-state index contributed by atoms with van der Waals surface area (Å²) >= 11 is 0. The third kappa shape index (κ3) is 6.05. The molecule has 0 radical (unpaired) electrons. The second kappa shape index (κ2) is 10.4. The van der Waals surface area contributed by atoms with E-state index in [1.807, 2.05) is 7.11 Å². The molecule has 1 atom stereocenters. The highest BCUT2D eigenvalue weighted by Crippen LogP contribution is 2.26. The van der Waals surface area contributed by atoms with E-state index in [0.717, 1.165) is 19.1 Å². The van der Waals surface area contributed by atoms with Crippen molar-refractivity contribution in [1.29, 1.82) is 0 Å². The predicted molar refractivity (Wildman–Crippen MR) is 102 cm³/mol. The highest BCUT2D eigenvalue weighted by Gasteiger charge is 2.24. The van der Waals surface area contributed by atoms with E-state index >= 15 is 0 Å². The molecule has 0 aliphatic carbocycles. The number of methoxy groups -OCH3 is 1. The molecule has 2 fully saturated rings. The monoisotopic (exact) mass is 337 g/mol. The Hall–Kier alpha value is -0.580. The van der Waals surface area contributed by atoms with Crippen LogP contribution in [0.1, 0.15) is 52.4 Å². The van der Waals surface area contributed by atoms with Gasteiger partial charge in [0, 0.05) is 26.4 Å². The van der Waals surface area contributed by atoms with Crippen molar-refractivity contribution in [3.05, 3.63) is 11.3 Å². The van der Waals surface area contributed by atoms with Crippen LogP contribution in [0.3, 0.4) is 0 Å². The summed E-state index contributed by atoms with van der Waals surface area (Å²) in [6, 6.07) is 0.458. The van der Waals surface area contributed by atoms with Gasteiger partial charge in [0.1, 0.15) is 0 Å². The van der Waals surface area contributed by atoms with E-state index in [1.54, 1.807) is 5.70 Å². The van der Waals surface area contributed by atoms with Gasteiger partial charge < -0.3 is 19.9 Å². The molecule has 2 aliphatic rings. The summed E-state index contributed by atoms with van der Waals surface area (Å²) < 4.78 is 5.59. The van der Waals surface area contributed by atoms with Crippen LogP contribution in [0.2, 0.25) is 0 Å². The van der Waals surface area contributed by atoms with Crippen molar-refractivity contribution in [2.75, 3.05) is 53.5 Å². The minimum absolute atomic E-state index is 0.458. The molecule has 1 unspecified atom stereocenters. The van der Waals surface area contributed by atoms with Crippen molar-refractivity contribution < 1.29 is 4.74 Å². The van der Waals surface area contributed by atoms with Gasteiger partial charge in [-0.05, 0) is 78.0 Å². The lowest BCUT2D eigenvalue weighted by Crippen LogP contribution is -2.46. The fourth-order valence-electron chi connectivity index (χ4n) is 4.20. The Bertz CT molecular complexity index is 380. The van der Waals surface area contributed by atoms with E-state index in [2.05, 4.69) is 36.0 Å². The number of hydrogen-bond donors (Lipinski definition) is 1. The summed E-state index contributed by atoms with van der Waals surface area (Å²) in [5.41, 5.74) is 3.01. The molecular weight excluding hydrogens is 298 g/mol. The van der Waals surface area contributed by atoms with Crippen LogP contribution in [0.15, 0.2) is 11.3 Å². The van der Waals surface area contributed by atoms with Gasteiger partial charge in [0.15, 0.2) is 0 Å². The predicted octanol–water partition coefficient (Wildman–Crippen LogP) is 3.10. The van der Waals surface area contributed by atoms with Gasteiger partial charge >= 0.3 is 0 Å². The standard InChI is InChI=1S/C20H39N3O/c1-17(2)20(14-18-8-10-21-11-9-18)22(3)19(16-24-4)15-23-12-6-5-7-13-23/h18-19,21H,5-16H2,1-4H3. The van der Waals surface area contributed by atoms with Gasteiger partial charge in [-0.2, -0.15) is 0 Å². The Kier molecular flexibility index (Phi) is 8.57. The first-order valence-corrected chi connectivity index (χ1v) is 9.93. The van der Waals surface area contributed by atoms with E-state index in [-0.39, 0.29) is 0 Å². The SMILES string of the molecule is COCC(CN1CCCCC1)N(C)C(CC1CCNCC1)=C(C)C. The van der Waals surface area contributed by atoms with Gasteiger partial charge in [-0.3, -0.25) is 0 Å². The molecule has 0 aromatic heterocycles. The Morgan fingerprint density at radius 2 is 1.83 bits per heavy atom. The first kappa shape index (κ1) is 19.7. The van der Waals surface area contributed by atoms with Gasteiger partial charge in [0.25, 0.3) is 0 Å². The molecule has 0 bridgehead atoms. The van der Waals surface area contributed by atoms with E-state index in [0.29, 0.717) is 6.04 Å². The van der Waals surface area contributed by atoms with Crippen LogP contribution in [0.4, 0.5) is 0 Å². The van der Waals surface area contributed by atoms with E-state index < -0.39 is 0 Å². The molecule has 2 saturated heterocycles. The van der Waals surface area contributed by atoms with E-state index in [1.165, 1.54) is 70.3 Å². The number of rotatable bonds is 8. The summed E-state index contributed by atoms with van der Waals surface area (Å²) in [6.45, 7) is 11.4. The molecule has 2 aliphatic heterocycles. The van der Waals surface area contributed by atoms with Gasteiger partial charge in [-0.25, -0.2) is 0 Å². The first-order valence-electron chi connectivity index (χ1n) is 9.93. The number of nitrogens with zero attached hydrogens (tertiary/aromatic N) is 2. The van der Waals surface area contributed by atoms with Gasteiger partial charge in [-0.15, -0.1) is 0 Å². The molecule has 0 saturated carbocycles. The van der Waals surface area contributed by atoms with Crippen molar-refractivity contribution in [1.82, 2.24) is 15.1 Å². The molecule has 0 amide bonds. The van der Waals surface area contributed by atoms with E-state index in [9.17, 15) is 0 Å². The molecule has 4 nitrogen and oxygen atoms in total. The zero-order chi connectivity index (χ0) is 17.4. The zero-order valence-electron chi connectivity index (χ0n) is 16.4. The number of likely N-dealkylation sites (N-methyl/N-ethyl adjacent to an activating group) is 1. The van der Waals surface area contributed by atoms with Crippen molar-refractivity contribution in [3.63, 3.8) is 0 Å². The molecule has 0 aromatic rings. The topological polar surface area (TPSA) is 27.7 Å². The fourth-order valence-corrected chi connectivity index (χ4v) is 4.20. The average molecular weight is 338 g/mol. The molecule has 140 valence electrons. The molecule has 2 rings (SSSR count). The van der Waals surface area contributed by atoms with Crippen LogP contribution in [0, 0.1) is 5.92 Å². The van der Waals surface area contributed by atoms with Crippen molar-refractivity contribution in [2.45, 2.75) is 58.4 Å². The van der Waals surface area contributed by atoms with Crippen LogP contribution < -0.4 is 5.32 Å². The minimum atomic E-state index is 0.458. The van der Waals surface area contributed by atoms with Crippen molar-refractivity contribution in [2.24, 2.45) is 5.92 Å². The highest BCUT2D eigenvalue weighted by molar-refractivity contribution is 5.11. The second-order valence-corrected chi connectivity index (χ2v) is 7.93. The molecule has 24 heavy (non-hydrogen) atoms. The Labute approximate surface area is 149 Å². The largest absolute Gasteiger partial charge is 0.383 e. The summed E-state index contributed by atoms with van der Waals surface area (Å²) in [6.07, 6.45) is 7.95. The Morgan fingerprint density at radius 1 is 1.17 bits per heavy atom. The summed E-state index contributed by atoms with van der Waals surface area (Å²) in [4.78, 5) is 5.17. The molecule has 0 spiro atoms. The lowest BCUT2D eigenvalue weighted by Gasteiger charge is -2.38. The molecule has 2 heterocycles. The normalized spacial score (nSPS) is 21.5. The number of likely N-dealkylation sites (tertiary alicyclic amines) is 1. The van der Waals surface area contributed by atoms with Crippen LogP contribution in [0.25, 0.3) is 0 Å². The summed E-state index contributed by atoms with van der Waals surface area (Å²) in [5.74, 6) is 0.830. The molecule has 1 N–H and O–H groups in total. The average Bonchev–Trinajstić information content (AvgIpc) is 2.60. The Balaban J connectivity index is 2.00. The van der Waals surface area contributed by atoms with Gasteiger partial charge in [0.2, 0.25) is 0 Å². The van der Waals surface area contributed by atoms with Crippen LogP contribution in [-0.2, 0) is 4.74 Å². The quantitative estimate of drug-likeness (QED) is 0.736. The fraction of sp³-hybridized carbons (Fsp3) is 0.900. The number of nitrogens with one attached hydrogen (secondary N) is 1. The molecular formula is C20H39N3O.